The first kappa shape index (κ1) is 11.3. The molecule has 4 nitrogen and oxygen atoms in total. The van der Waals surface area contributed by atoms with Crippen molar-refractivity contribution in [1.29, 1.82) is 0 Å². The summed E-state index contributed by atoms with van der Waals surface area (Å²) in [7, 11) is 3.71. The molecule has 2 heterocycles. The van der Waals surface area contributed by atoms with Crippen LogP contribution in [0, 0.1) is 0 Å². The van der Waals surface area contributed by atoms with Gasteiger partial charge in [0.25, 0.3) is 0 Å². The fraction of sp³-hybridized carbons (Fsp3) is 0.357. The number of hydrogen-bond acceptors (Lipinski definition) is 3. The lowest BCUT2D eigenvalue weighted by Crippen LogP contribution is -2.24. The Morgan fingerprint density at radius 2 is 2.06 bits per heavy atom. The van der Waals surface area contributed by atoms with Crippen molar-refractivity contribution in [3.63, 3.8) is 0 Å². The molecular formula is C14H17N3O. The molecule has 0 aliphatic carbocycles. The minimum atomic E-state index is 0.877. The number of nitrogens with zero attached hydrogens (tertiary/aromatic N) is 2. The molecule has 1 N–H and O–H groups in total. The van der Waals surface area contributed by atoms with Gasteiger partial charge in [0.05, 0.1) is 12.8 Å². The Hall–Kier alpha value is -1.81. The van der Waals surface area contributed by atoms with E-state index in [1.807, 2.05) is 23.9 Å². The molecule has 0 amide bonds. The summed E-state index contributed by atoms with van der Waals surface area (Å²) >= 11 is 0. The maximum absolute atomic E-state index is 5.18. The average Bonchev–Trinajstić information content (AvgIpc) is 2.77. The van der Waals surface area contributed by atoms with Gasteiger partial charge in [-0.2, -0.15) is 5.10 Å². The van der Waals surface area contributed by atoms with E-state index in [0.29, 0.717) is 0 Å². The maximum Gasteiger partial charge on any atom is 0.118 e. The smallest absolute Gasteiger partial charge is 0.118 e. The minimum Gasteiger partial charge on any atom is -0.497 e. The molecule has 0 spiro atoms. The summed E-state index contributed by atoms with van der Waals surface area (Å²) in [6.45, 7) is 1.94. The van der Waals surface area contributed by atoms with E-state index in [1.165, 1.54) is 11.3 Å². The Bertz CT molecular complexity index is 557. The lowest BCUT2D eigenvalue weighted by atomic mass is 10.0. The van der Waals surface area contributed by atoms with Gasteiger partial charge in [0.2, 0.25) is 0 Å². The summed E-state index contributed by atoms with van der Waals surface area (Å²) in [4.78, 5) is 0. The number of fused-ring (bicyclic) bond motifs is 1. The van der Waals surface area contributed by atoms with Crippen molar-refractivity contribution < 1.29 is 4.74 Å². The van der Waals surface area contributed by atoms with Gasteiger partial charge in [0, 0.05) is 43.4 Å². The second-order valence-corrected chi connectivity index (χ2v) is 4.55. The topological polar surface area (TPSA) is 39.1 Å². The Labute approximate surface area is 107 Å². The molecule has 18 heavy (non-hydrogen) atoms. The van der Waals surface area contributed by atoms with Crippen LogP contribution in [-0.4, -0.2) is 23.4 Å². The predicted molar refractivity (Wildman–Crippen MR) is 70.6 cm³/mol. The zero-order valence-electron chi connectivity index (χ0n) is 10.7. The van der Waals surface area contributed by atoms with Gasteiger partial charge in [-0.25, -0.2) is 0 Å². The highest BCUT2D eigenvalue weighted by molar-refractivity contribution is 5.65. The molecule has 0 radical (unpaired) electrons. The fourth-order valence-electron chi connectivity index (χ4n) is 2.50. The molecule has 0 saturated heterocycles. The third kappa shape index (κ3) is 1.78. The number of aryl methyl sites for hydroxylation is 1. The van der Waals surface area contributed by atoms with E-state index in [4.69, 9.17) is 4.74 Å². The zero-order valence-corrected chi connectivity index (χ0v) is 10.7. The van der Waals surface area contributed by atoms with Crippen LogP contribution >= 0.6 is 0 Å². The van der Waals surface area contributed by atoms with Crippen molar-refractivity contribution in [2.45, 2.75) is 13.0 Å². The third-order valence-electron chi connectivity index (χ3n) is 3.48. The van der Waals surface area contributed by atoms with Crippen LogP contribution in [0.1, 0.15) is 11.3 Å². The van der Waals surface area contributed by atoms with Crippen LogP contribution in [-0.2, 0) is 20.0 Å². The van der Waals surface area contributed by atoms with Crippen molar-refractivity contribution in [2.75, 3.05) is 13.7 Å². The van der Waals surface area contributed by atoms with Crippen molar-refractivity contribution in [2.24, 2.45) is 7.05 Å². The number of benzene rings is 1. The lowest BCUT2D eigenvalue weighted by Gasteiger charge is -2.14. The molecule has 94 valence electrons. The Morgan fingerprint density at radius 3 is 2.78 bits per heavy atom. The van der Waals surface area contributed by atoms with Crippen LogP contribution in [0.15, 0.2) is 24.3 Å². The van der Waals surface area contributed by atoms with E-state index in [9.17, 15) is 0 Å². The number of hydrogen-bond donors (Lipinski definition) is 1. The van der Waals surface area contributed by atoms with E-state index < -0.39 is 0 Å². The fourth-order valence-corrected chi connectivity index (χ4v) is 2.50. The molecule has 0 saturated carbocycles. The molecule has 3 rings (SSSR count). The van der Waals surface area contributed by atoms with E-state index in [-0.39, 0.29) is 0 Å². The highest BCUT2D eigenvalue weighted by atomic mass is 16.5. The summed E-state index contributed by atoms with van der Waals surface area (Å²) in [6.07, 6.45) is 1.05. The Morgan fingerprint density at radius 1 is 1.28 bits per heavy atom. The molecule has 1 aliphatic heterocycles. The maximum atomic E-state index is 5.18. The van der Waals surface area contributed by atoms with Crippen LogP contribution in [0.25, 0.3) is 11.3 Å². The number of rotatable bonds is 2. The van der Waals surface area contributed by atoms with Crippen LogP contribution < -0.4 is 10.1 Å². The molecule has 0 atom stereocenters. The van der Waals surface area contributed by atoms with Gasteiger partial charge in [-0.1, -0.05) is 0 Å². The molecule has 4 heteroatoms. The van der Waals surface area contributed by atoms with Gasteiger partial charge < -0.3 is 10.1 Å². The van der Waals surface area contributed by atoms with Crippen LogP contribution in [0.4, 0.5) is 0 Å². The quantitative estimate of drug-likeness (QED) is 0.873. The van der Waals surface area contributed by atoms with Gasteiger partial charge in [-0.05, 0) is 24.3 Å². The molecule has 1 aliphatic rings. The van der Waals surface area contributed by atoms with Gasteiger partial charge in [0.1, 0.15) is 5.75 Å². The normalized spacial score (nSPS) is 14.3. The molecule has 1 aromatic carbocycles. The Balaban J connectivity index is 2.05. The summed E-state index contributed by atoms with van der Waals surface area (Å²) in [5.41, 5.74) is 4.91. The molecular weight excluding hydrogens is 226 g/mol. The summed E-state index contributed by atoms with van der Waals surface area (Å²) in [5.74, 6) is 0.877. The van der Waals surface area contributed by atoms with Crippen molar-refractivity contribution in [1.82, 2.24) is 15.1 Å². The predicted octanol–water partition coefficient (Wildman–Crippen LogP) is 1.74. The molecule has 0 bridgehead atoms. The first-order valence-corrected chi connectivity index (χ1v) is 6.19. The largest absolute Gasteiger partial charge is 0.497 e. The van der Waals surface area contributed by atoms with Crippen molar-refractivity contribution in [3.05, 3.63) is 35.5 Å². The highest BCUT2D eigenvalue weighted by Gasteiger charge is 2.19. The zero-order chi connectivity index (χ0) is 12.5. The van der Waals surface area contributed by atoms with Gasteiger partial charge >= 0.3 is 0 Å². The lowest BCUT2D eigenvalue weighted by molar-refractivity contribution is 0.415. The number of nitrogens with one attached hydrogen (secondary N) is 1. The average molecular weight is 243 g/mol. The first-order chi connectivity index (χ1) is 8.79. The highest BCUT2D eigenvalue weighted by Crippen LogP contribution is 2.28. The number of aromatic nitrogens is 2. The minimum absolute atomic E-state index is 0.877. The molecule has 1 aromatic heterocycles. The van der Waals surface area contributed by atoms with E-state index in [0.717, 1.165) is 36.5 Å². The SMILES string of the molecule is COc1ccc(-c2nn(C)c3c2CNCC3)cc1. The molecule has 0 fully saturated rings. The van der Waals surface area contributed by atoms with Crippen LogP contribution in [0.2, 0.25) is 0 Å². The Kier molecular flexibility index (Phi) is 2.80. The van der Waals surface area contributed by atoms with Crippen LogP contribution in [0.5, 0.6) is 5.75 Å². The second-order valence-electron chi connectivity index (χ2n) is 4.55. The molecule has 2 aromatic rings. The standard InChI is InChI=1S/C14H17N3O/c1-17-13-7-8-15-9-12(13)14(16-17)10-3-5-11(18-2)6-4-10/h3-6,15H,7-9H2,1-2H3. The summed E-state index contributed by atoms with van der Waals surface area (Å²) in [6, 6.07) is 8.09. The summed E-state index contributed by atoms with van der Waals surface area (Å²) < 4.78 is 7.19. The van der Waals surface area contributed by atoms with Gasteiger partial charge in [0.15, 0.2) is 0 Å². The van der Waals surface area contributed by atoms with Gasteiger partial charge in [-0.15, -0.1) is 0 Å². The van der Waals surface area contributed by atoms with Crippen molar-refractivity contribution in [3.8, 4) is 17.0 Å². The monoisotopic (exact) mass is 243 g/mol. The summed E-state index contributed by atoms with van der Waals surface area (Å²) in [5, 5.41) is 8.06. The van der Waals surface area contributed by atoms with E-state index in [2.05, 4.69) is 22.5 Å². The van der Waals surface area contributed by atoms with Crippen molar-refractivity contribution >= 4 is 0 Å². The second kappa shape index (κ2) is 4.46. The van der Waals surface area contributed by atoms with Gasteiger partial charge in [-0.3, -0.25) is 4.68 Å². The number of methoxy groups -OCH3 is 1. The van der Waals surface area contributed by atoms with E-state index in [1.54, 1.807) is 7.11 Å². The number of ether oxygens (including phenoxy) is 1. The third-order valence-corrected chi connectivity index (χ3v) is 3.48. The van der Waals surface area contributed by atoms with E-state index >= 15 is 0 Å². The van der Waals surface area contributed by atoms with Crippen LogP contribution in [0.3, 0.4) is 0 Å². The molecule has 0 unspecified atom stereocenters. The first-order valence-electron chi connectivity index (χ1n) is 6.19.